The van der Waals surface area contributed by atoms with Crippen molar-refractivity contribution in [2.45, 2.75) is 25.8 Å². The molecule has 1 fully saturated rings. The molecule has 22 heavy (non-hydrogen) atoms. The largest absolute Gasteiger partial charge is 0.486 e. The number of aromatic nitrogens is 2. The number of rotatable bonds is 2. The van der Waals surface area contributed by atoms with Gasteiger partial charge in [-0.25, -0.2) is 9.97 Å². The van der Waals surface area contributed by atoms with E-state index < -0.39 is 0 Å². The molecule has 0 aliphatic carbocycles. The van der Waals surface area contributed by atoms with Gasteiger partial charge < -0.3 is 14.4 Å². The van der Waals surface area contributed by atoms with E-state index in [0.717, 1.165) is 42.5 Å². The fraction of sp³-hybridized carbons (Fsp3) is 0.412. The summed E-state index contributed by atoms with van der Waals surface area (Å²) >= 11 is 0. The summed E-state index contributed by atoms with van der Waals surface area (Å²) in [6.45, 7) is 4.23. The Morgan fingerprint density at radius 2 is 2.00 bits per heavy atom. The van der Waals surface area contributed by atoms with Gasteiger partial charge in [0.05, 0.1) is 6.04 Å². The van der Waals surface area contributed by atoms with Crippen molar-refractivity contribution in [3.05, 3.63) is 41.7 Å². The molecule has 0 saturated carbocycles. The summed E-state index contributed by atoms with van der Waals surface area (Å²) in [6, 6.07) is 8.48. The first-order valence-corrected chi connectivity index (χ1v) is 7.77. The van der Waals surface area contributed by atoms with Gasteiger partial charge in [-0.3, -0.25) is 0 Å². The molecule has 1 atom stereocenters. The number of hydrogen-bond acceptors (Lipinski definition) is 5. The maximum atomic E-state index is 5.71. The van der Waals surface area contributed by atoms with Crippen LogP contribution in [-0.4, -0.2) is 29.7 Å². The highest BCUT2D eigenvalue weighted by Gasteiger charge is 2.29. The molecule has 0 bridgehead atoms. The van der Waals surface area contributed by atoms with E-state index >= 15 is 0 Å². The van der Waals surface area contributed by atoms with Gasteiger partial charge in [-0.05, 0) is 43.5 Å². The molecule has 4 rings (SSSR count). The highest BCUT2D eigenvalue weighted by molar-refractivity contribution is 5.47. The highest BCUT2D eigenvalue weighted by Crippen LogP contribution is 2.39. The molecule has 2 aliphatic heterocycles. The maximum absolute atomic E-state index is 5.71. The Kier molecular flexibility index (Phi) is 3.33. The van der Waals surface area contributed by atoms with Gasteiger partial charge in [0.1, 0.15) is 13.2 Å². The molecule has 0 radical (unpaired) electrons. The number of benzene rings is 1. The summed E-state index contributed by atoms with van der Waals surface area (Å²) in [5.74, 6) is 2.50. The normalized spacial score (nSPS) is 20.2. The number of anilines is 1. The molecule has 2 aromatic rings. The van der Waals surface area contributed by atoms with Crippen LogP contribution in [0.15, 0.2) is 30.5 Å². The Labute approximate surface area is 129 Å². The van der Waals surface area contributed by atoms with E-state index in [9.17, 15) is 0 Å². The molecular weight excluding hydrogens is 278 g/mol. The minimum Gasteiger partial charge on any atom is -0.486 e. The number of nitrogens with zero attached hydrogens (tertiary/aromatic N) is 3. The molecule has 0 N–H and O–H groups in total. The summed E-state index contributed by atoms with van der Waals surface area (Å²) in [5, 5.41) is 0. The molecule has 1 saturated heterocycles. The Hall–Kier alpha value is -2.30. The van der Waals surface area contributed by atoms with Crippen LogP contribution in [-0.2, 0) is 0 Å². The van der Waals surface area contributed by atoms with E-state index in [0.29, 0.717) is 19.3 Å². The topological polar surface area (TPSA) is 47.5 Å². The van der Waals surface area contributed by atoms with E-state index in [4.69, 9.17) is 9.47 Å². The molecule has 3 heterocycles. The second-order valence-corrected chi connectivity index (χ2v) is 5.75. The predicted molar refractivity (Wildman–Crippen MR) is 83.5 cm³/mol. The van der Waals surface area contributed by atoms with Crippen LogP contribution < -0.4 is 14.4 Å². The smallest absolute Gasteiger partial charge is 0.226 e. The summed E-state index contributed by atoms with van der Waals surface area (Å²) in [6.07, 6.45) is 4.09. The summed E-state index contributed by atoms with van der Waals surface area (Å²) in [5.41, 5.74) is 2.24. The van der Waals surface area contributed by atoms with Crippen molar-refractivity contribution < 1.29 is 9.47 Å². The van der Waals surface area contributed by atoms with Crippen LogP contribution in [0.4, 0.5) is 5.95 Å². The van der Waals surface area contributed by atoms with Crippen LogP contribution in [0.25, 0.3) is 0 Å². The van der Waals surface area contributed by atoms with Crippen LogP contribution >= 0.6 is 0 Å². The minimum absolute atomic E-state index is 0.303. The lowest BCUT2D eigenvalue weighted by Gasteiger charge is -2.26. The highest BCUT2D eigenvalue weighted by atomic mass is 16.6. The molecule has 5 nitrogen and oxygen atoms in total. The van der Waals surface area contributed by atoms with Crippen molar-refractivity contribution in [3.63, 3.8) is 0 Å². The fourth-order valence-electron chi connectivity index (χ4n) is 3.19. The van der Waals surface area contributed by atoms with Gasteiger partial charge in [0.15, 0.2) is 11.5 Å². The van der Waals surface area contributed by atoms with Crippen molar-refractivity contribution in [3.8, 4) is 11.5 Å². The lowest BCUT2D eigenvalue weighted by molar-refractivity contribution is 0.171. The number of aryl methyl sites for hydroxylation is 1. The van der Waals surface area contributed by atoms with Crippen LogP contribution in [0.5, 0.6) is 11.5 Å². The lowest BCUT2D eigenvalue weighted by Crippen LogP contribution is -2.25. The van der Waals surface area contributed by atoms with Crippen LogP contribution in [0.3, 0.4) is 0 Å². The second-order valence-electron chi connectivity index (χ2n) is 5.75. The van der Waals surface area contributed by atoms with Crippen molar-refractivity contribution in [1.82, 2.24) is 9.97 Å². The van der Waals surface area contributed by atoms with Crippen LogP contribution in [0.1, 0.15) is 30.1 Å². The molecular formula is C17H19N3O2. The maximum Gasteiger partial charge on any atom is 0.226 e. The van der Waals surface area contributed by atoms with Gasteiger partial charge in [-0.2, -0.15) is 0 Å². The third-order valence-electron chi connectivity index (χ3n) is 4.24. The van der Waals surface area contributed by atoms with E-state index in [1.54, 1.807) is 0 Å². The van der Waals surface area contributed by atoms with Crippen molar-refractivity contribution in [2.24, 2.45) is 0 Å². The zero-order chi connectivity index (χ0) is 14.9. The Bertz CT molecular complexity index is 689. The number of ether oxygens (including phenoxy) is 2. The predicted octanol–water partition coefficient (Wildman–Crippen LogP) is 2.90. The zero-order valence-electron chi connectivity index (χ0n) is 12.7. The quantitative estimate of drug-likeness (QED) is 0.853. The first kappa shape index (κ1) is 13.4. The van der Waals surface area contributed by atoms with Gasteiger partial charge in [-0.1, -0.05) is 6.07 Å². The Morgan fingerprint density at radius 3 is 2.86 bits per heavy atom. The molecule has 1 aromatic heterocycles. The van der Waals surface area contributed by atoms with Gasteiger partial charge in [-0.15, -0.1) is 0 Å². The Morgan fingerprint density at radius 1 is 1.14 bits per heavy atom. The van der Waals surface area contributed by atoms with Gasteiger partial charge in [0.25, 0.3) is 0 Å². The van der Waals surface area contributed by atoms with Crippen LogP contribution in [0.2, 0.25) is 0 Å². The number of fused-ring (bicyclic) bond motifs is 1. The van der Waals surface area contributed by atoms with Gasteiger partial charge in [0, 0.05) is 18.4 Å². The molecule has 0 spiro atoms. The summed E-state index contributed by atoms with van der Waals surface area (Å²) < 4.78 is 11.3. The third kappa shape index (κ3) is 2.36. The summed E-state index contributed by atoms with van der Waals surface area (Å²) in [7, 11) is 0. The molecule has 5 heteroatoms. The SMILES string of the molecule is Cc1ccnc(N2CCC[C@H]2c2ccc3c(c2)OCCO3)n1. The fourth-order valence-corrected chi connectivity index (χ4v) is 3.19. The monoisotopic (exact) mass is 297 g/mol. The average Bonchev–Trinajstić information content (AvgIpc) is 3.04. The van der Waals surface area contributed by atoms with Gasteiger partial charge in [0.2, 0.25) is 5.95 Å². The molecule has 0 unspecified atom stereocenters. The standard InChI is InChI=1S/C17H19N3O2/c1-12-6-7-18-17(19-12)20-8-2-3-14(20)13-4-5-15-16(11-13)22-10-9-21-15/h4-7,11,14H,2-3,8-10H2,1H3/t14-/m0/s1. The molecule has 0 amide bonds. The molecule has 114 valence electrons. The first-order chi connectivity index (χ1) is 10.8. The number of hydrogen-bond donors (Lipinski definition) is 0. The average molecular weight is 297 g/mol. The Balaban J connectivity index is 1.66. The second kappa shape index (κ2) is 5.48. The van der Waals surface area contributed by atoms with E-state index in [1.807, 2.05) is 25.3 Å². The first-order valence-electron chi connectivity index (χ1n) is 7.77. The third-order valence-corrected chi connectivity index (χ3v) is 4.24. The van der Waals surface area contributed by atoms with E-state index in [2.05, 4.69) is 27.0 Å². The minimum atomic E-state index is 0.303. The van der Waals surface area contributed by atoms with Crippen molar-refractivity contribution in [2.75, 3.05) is 24.7 Å². The van der Waals surface area contributed by atoms with Gasteiger partial charge >= 0.3 is 0 Å². The molecule has 2 aliphatic rings. The van der Waals surface area contributed by atoms with E-state index in [1.165, 1.54) is 5.56 Å². The van der Waals surface area contributed by atoms with Crippen LogP contribution in [0, 0.1) is 6.92 Å². The zero-order valence-corrected chi connectivity index (χ0v) is 12.7. The molecule has 1 aromatic carbocycles. The van der Waals surface area contributed by atoms with Crippen molar-refractivity contribution >= 4 is 5.95 Å². The van der Waals surface area contributed by atoms with E-state index in [-0.39, 0.29) is 0 Å². The van der Waals surface area contributed by atoms with Crippen molar-refractivity contribution in [1.29, 1.82) is 0 Å². The summed E-state index contributed by atoms with van der Waals surface area (Å²) in [4.78, 5) is 11.3. The lowest BCUT2D eigenvalue weighted by atomic mass is 10.0.